The molecule has 0 N–H and O–H groups in total. The van der Waals surface area contributed by atoms with Gasteiger partial charge < -0.3 is 4.74 Å². The number of hydrogen-bond donors (Lipinski definition) is 0. The summed E-state index contributed by atoms with van der Waals surface area (Å²) in [7, 11) is -2.21. The molecular weight excluding hydrogens is 392 g/mol. The van der Waals surface area contributed by atoms with Crippen LogP contribution in [0, 0.1) is 0 Å². The summed E-state index contributed by atoms with van der Waals surface area (Å²) in [5, 5.41) is 4.07. The molecule has 152 valence electrons. The molecule has 0 bridgehead atoms. The molecular formula is C20H22N4O4S. The number of esters is 1. The van der Waals surface area contributed by atoms with Gasteiger partial charge in [0.2, 0.25) is 10.0 Å². The van der Waals surface area contributed by atoms with Crippen LogP contribution in [0.5, 0.6) is 0 Å². The maximum atomic E-state index is 13.0. The third kappa shape index (κ3) is 4.36. The van der Waals surface area contributed by atoms with E-state index in [4.69, 9.17) is 4.74 Å². The highest BCUT2D eigenvalue weighted by atomic mass is 32.2. The summed E-state index contributed by atoms with van der Waals surface area (Å²) in [5.41, 5.74) is 1.98. The normalized spacial score (nSPS) is 12.7. The highest BCUT2D eigenvalue weighted by Crippen LogP contribution is 2.26. The van der Waals surface area contributed by atoms with Gasteiger partial charge in [-0.15, -0.1) is 0 Å². The Morgan fingerprint density at radius 1 is 1.14 bits per heavy atom. The average molecular weight is 414 g/mol. The quantitative estimate of drug-likeness (QED) is 0.552. The molecule has 0 fully saturated rings. The minimum Gasteiger partial charge on any atom is -0.462 e. The van der Waals surface area contributed by atoms with Gasteiger partial charge in [-0.1, -0.05) is 12.1 Å². The predicted molar refractivity (Wildman–Crippen MR) is 107 cm³/mol. The van der Waals surface area contributed by atoms with Gasteiger partial charge in [0.1, 0.15) is 12.7 Å². The van der Waals surface area contributed by atoms with Crippen LogP contribution in [0.2, 0.25) is 0 Å². The molecule has 1 heterocycles. The van der Waals surface area contributed by atoms with Crippen molar-refractivity contribution >= 4 is 16.0 Å². The number of nitrogens with zero attached hydrogens (tertiary/aromatic N) is 4. The number of benzene rings is 2. The Morgan fingerprint density at radius 3 is 2.34 bits per heavy atom. The molecule has 0 saturated heterocycles. The van der Waals surface area contributed by atoms with Crippen LogP contribution in [-0.4, -0.2) is 47.1 Å². The van der Waals surface area contributed by atoms with Crippen LogP contribution < -0.4 is 0 Å². The van der Waals surface area contributed by atoms with E-state index in [1.54, 1.807) is 17.9 Å². The number of hydrogen-bond acceptors (Lipinski definition) is 6. The highest BCUT2D eigenvalue weighted by Gasteiger charge is 2.26. The molecule has 0 amide bonds. The topological polar surface area (TPSA) is 94.4 Å². The summed E-state index contributed by atoms with van der Waals surface area (Å²) >= 11 is 0. The van der Waals surface area contributed by atoms with Gasteiger partial charge in [-0.3, -0.25) is 0 Å². The van der Waals surface area contributed by atoms with E-state index in [1.165, 1.54) is 41.9 Å². The molecule has 3 aromatic rings. The number of carbonyl (C=O) groups excluding carboxylic acids is 1. The molecule has 2 aromatic carbocycles. The summed E-state index contributed by atoms with van der Waals surface area (Å²) in [6, 6.07) is 12.8. The summed E-state index contributed by atoms with van der Waals surface area (Å²) in [6.07, 6.45) is 3.04. The molecule has 1 unspecified atom stereocenters. The Balaban J connectivity index is 1.79. The molecule has 3 rings (SSSR count). The van der Waals surface area contributed by atoms with E-state index in [-0.39, 0.29) is 11.5 Å². The highest BCUT2D eigenvalue weighted by molar-refractivity contribution is 7.89. The van der Waals surface area contributed by atoms with E-state index in [9.17, 15) is 13.2 Å². The van der Waals surface area contributed by atoms with Crippen molar-refractivity contribution in [3.05, 3.63) is 72.3 Å². The standard InChI is InChI=1S/C20H22N4O4S/c1-4-28-20(25)17-7-11-19(12-8-17)29(26,27)23(3)15(2)16-5-9-18(10-6-16)24-14-21-13-22-24/h5-15H,4H2,1-3H3. The number of sulfonamides is 1. The Morgan fingerprint density at radius 2 is 1.79 bits per heavy atom. The molecule has 0 spiro atoms. The summed E-state index contributed by atoms with van der Waals surface area (Å²) in [6.45, 7) is 3.79. The lowest BCUT2D eigenvalue weighted by molar-refractivity contribution is 0.0526. The third-order valence-electron chi connectivity index (χ3n) is 4.65. The SMILES string of the molecule is CCOC(=O)c1ccc(S(=O)(=O)N(C)C(C)c2ccc(-n3cncn3)cc2)cc1. The van der Waals surface area contributed by atoms with Gasteiger partial charge in [-0.2, -0.15) is 9.40 Å². The van der Waals surface area contributed by atoms with Crippen molar-refractivity contribution < 1.29 is 17.9 Å². The van der Waals surface area contributed by atoms with Gasteiger partial charge in [-0.05, 0) is 55.8 Å². The summed E-state index contributed by atoms with van der Waals surface area (Å²) < 4.78 is 33.8. The molecule has 0 radical (unpaired) electrons. The largest absolute Gasteiger partial charge is 0.462 e. The molecule has 8 nitrogen and oxygen atoms in total. The van der Waals surface area contributed by atoms with E-state index in [0.29, 0.717) is 5.56 Å². The zero-order valence-electron chi connectivity index (χ0n) is 16.4. The number of carbonyl (C=O) groups is 1. The van der Waals surface area contributed by atoms with Gasteiger partial charge in [-0.25, -0.2) is 22.9 Å². The zero-order chi connectivity index (χ0) is 21.0. The number of aromatic nitrogens is 3. The van der Waals surface area contributed by atoms with E-state index >= 15 is 0 Å². The van der Waals surface area contributed by atoms with Crippen molar-refractivity contribution in [2.75, 3.05) is 13.7 Å². The second-order valence-corrected chi connectivity index (χ2v) is 8.37. The van der Waals surface area contributed by atoms with E-state index in [0.717, 1.165) is 11.3 Å². The van der Waals surface area contributed by atoms with Crippen LogP contribution in [0.3, 0.4) is 0 Å². The van der Waals surface area contributed by atoms with Crippen LogP contribution in [0.1, 0.15) is 35.8 Å². The third-order valence-corrected chi connectivity index (χ3v) is 6.59. The Labute approximate surface area is 169 Å². The van der Waals surface area contributed by atoms with Crippen molar-refractivity contribution in [1.82, 2.24) is 19.1 Å². The van der Waals surface area contributed by atoms with Gasteiger partial charge in [0.25, 0.3) is 0 Å². The Kier molecular flexibility index (Phi) is 6.09. The molecule has 1 aromatic heterocycles. The van der Waals surface area contributed by atoms with Crippen LogP contribution in [0.4, 0.5) is 0 Å². The lowest BCUT2D eigenvalue weighted by Crippen LogP contribution is -2.29. The molecule has 0 aliphatic carbocycles. The van der Waals surface area contributed by atoms with Crippen LogP contribution in [-0.2, 0) is 14.8 Å². The fourth-order valence-electron chi connectivity index (χ4n) is 2.81. The fraction of sp³-hybridized carbons (Fsp3) is 0.250. The number of rotatable bonds is 7. The zero-order valence-corrected chi connectivity index (χ0v) is 17.2. The van der Waals surface area contributed by atoms with Gasteiger partial charge in [0, 0.05) is 13.1 Å². The summed E-state index contributed by atoms with van der Waals surface area (Å²) in [5.74, 6) is -0.481. The van der Waals surface area contributed by atoms with Crippen LogP contribution in [0.25, 0.3) is 5.69 Å². The monoisotopic (exact) mass is 414 g/mol. The van der Waals surface area contributed by atoms with E-state index < -0.39 is 22.0 Å². The maximum absolute atomic E-state index is 13.0. The molecule has 0 aliphatic heterocycles. The molecule has 0 saturated carbocycles. The molecule has 0 aliphatic rings. The molecule has 29 heavy (non-hydrogen) atoms. The fourth-order valence-corrected chi connectivity index (χ4v) is 4.16. The lowest BCUT2D eigenvalue weighted by Gasteiger charge is -2.25. The van der Waals surface area contributed by atoms with Crippen molar-refractivity contribution in [2.24, 2.45) is 0 Å². The smallest absolute Gasteiger partial charge is 0.338 e. The second kappa shape index (κ2) is 8.54. The first-order chi connectivity index (χ1) is 13.8. The van der Waals surface area contributed by atoms with E-state index in [1.807, 2.05) is 31.2 Å². The van der Waals surface area contributed by atoms with Crippen LogP contribution in [0.15, 0.2) is 66.1 Å². The minimum atomic E-state index is -3.74. The van der Waals surface area contributed by atoms with Crippen molar-refractivity contribution in [2.45, 2.75) is 24.8 Å². The second-order valence-electron chi connectivity index (χ2n) is 6.37. The van der Waals surface area contributed by atoms with Gasteiger partial charge >= 0.3 is 5.97 Å². The maximum Gasteiger partial charge on any atom is 0.338 e. The van der Waals surface area contributed by atoms with Crippen molar-refractivity contribution in [3.63, 3.8) is 0 Å². The Hall–Kier alpha value is -3.04. The Bertz CT molecular complexity index is 1060. The molecule has 1 atom stereocenters. The lowest BCUT2D eigenvalue weighted by atomic mass is 10.1. The summed E-state index contributed by atoms with van der Waals surface area (Å²) in [4.78, 5) is 15.8. The van der Waals surface area contributed by atoms with Crippen molar-refractivity contribution in [3.8, 4) is 5.69 Å². The average Bonchev–Trinajstić information content (AvgIpc) is 3.28. The first-order valence-corrected chi connectivity index (χ1v) is 10.5. The van der Waals surface area contributed by atoms with Gasteiger partial charge in [0.05, 0.1) is 22.8 Å². The van der Waals surface area contributed by atoms with Gasteiger partial charge in [0.15, 0.2) is 0 Å². The predicted octanol–water partition coefficient (Wildman–Crippen LogP) is 2.83. The molecule has 9 heteroatoms. The first-order valence-electron chi connectivity index (χ1n) is 9.04. The number of ether oxygens (including phenoxy) is 1. The first kappa shape index (κ1) is 20.7. The van der Waals surface area contributed by atoms with Crippen molar-refractivity contribution in [1.29, 1.82) is 0 Å². The van der Waals surface area contributed by atoms with E-state index in [2.05, 4.69) is 10.1 Å². The van der Waals surface area contributed by atoms with Crippen LogP contribution >= 0.6 is 0 Å². The minimum absolute atomic E-state index is 0.110.